The van der Waals surface area contributed by atoms with Gasteiger partial charge in [0.05, 0.1) is 0 Å². The number of benzene rings is 2. The number of para-hydroxylation sites is 1. The van der Waals surface area contributed by atoms with Gasteiger partial charge in [0.1, 0.15) is 12.4 Å². The molecule has 138 valence electrons. The normalized spacial score (nSPS) is 10.6. The molecule has 0 unspecified atom stereocenters. The molecule has 2 aromatic carbocycles. The SMILES string of the molecule is CCN(C(=O)Cn1c(-c2cccc(Cl)c2)nc(C)cc1=O)c1ccccc1. The molecule has 0 aliphatic carbocycles. The largest absolute Gasteiger partial charge is 0.311 e. The predicted molar refractivity (Wildman–Crippen MR) is 108 cm³/mol. The Bertz CT molecular complexity index is 1020. The Labute approximate surface area is 162 Å². The first-order valence-electron chi connectivity index (χ1n) is 8.69. The molecule has 0 bridgehead atoms. The Kier molecular flexibility index (Phi) is 5.72. The van der Waals surface area contributed by atoms with E-state index < -0.39 is 0 Å². The molecule has 0 aliphatic heterocycles. The van der Waals surface area contributed by atoms with Gasteiger partial charge < -0.3 is 4.90 Å². The number of nitrogens with zero attached hydrogens (tertiary/aromatic N) is 3. The minimum Gasteiger partial charge on any atom is -0.311 e. The minimum absolute atomic E-state index is 0.101. The standard InChI is InChI=1S/C21H20ClN3O2/c1-3-24(18-10-5-4-6-11-18)20(27)14-25-19(26)12-15(2)23-21(25)16-8-7-9-17(22)13-16/h4-13H,3,14H2,1-2H3. The van der Waals surface area contributed by atoms with E-state index in [1.807, 2.05) is 43.3 Å². The van der Waals surface area contributed by atoms with Crippen LogP contribution in [0, 0.1) is 6.92 Å². The van der Waals surface area contributed by atoms with Crippen LogP contribution in [0.5, 0.6) is 0 Å². The van der Waals surface area contributed by atoms with E-state index in [1.165, 1.54) is 10.6 Å². The number of hydrogen-bond acceptors (Lipinski definition) is 3. The minimum atomic E-state index is -0.269. The van der Waals surface area contributed by atoms with E-state index >= 15 is 0 Å². The van der Waals surface area contributed by atoms with Crippen molar-refractivity contribution in [3.63, 3.8) is 0 Å². The summed E-state index contributed by atoms with van der Waals surface area (Å²) in [5, 5.41) is 0.542. The predicted octanol–water partition coefficient (Wildman–Crippen LogP) is 3.93. The van der Waals surface area contributed by atoms with E-state index in [1.54, 1.807) is 30.0 Å². The summed E-state index contributed by atoms with van der Waals surface area (Å²) < 4.78 is 1.40. The van der Waals surface area contributed by atoms with Crippen molar-refractivity contribution in [2.24, 2.45) is 0 Å². The molecule has 0 spiro atoms. The second-order valence-electron chi connectivity index (χ2n) is 6.13. The zero-order valence-electron chi connectivity index (χ0n) is 15.2. The molecule has 0 fully saturated rings. The molecular weight excluding hydrogens is 362 g/mol. The summed E-state index contributed by atoms with van der Waals surface area (Å²) in [6.07, 6.45) is 0. The summed E-state index contributed by atoms with van der Waals surface area (Å²) in [7, 11) is 0. The van der Waals surface area contributed by atoms with Gasteiger partial charge in [-0.3, -0.25) is 14.2 Å². The van der Waals surface area contributed by atoms with Crippen LogP contribution >= 0.6 is 11.6 Å². The van der Waals surface area contributed by atoms with Crippen LogP contribution in [0.15, 0.2) is 65.5 Å². The fourth-order valence-electron chi connectivity index (χ4n) is 2.95. The first kappa shape index (κ1) is 18.9. The van der Waals surface area contributed by atoms with E-state index in [-0.39, 0.29) is 18.0 Å². The summed E-state index contributed by atoms with van der Waals surface area (Å²) in [4.78, 5) is 31.7. The van der Waals surface area contributed by atoms with Crippen molar-refractivity contribution in [1.29, 1.82) is 0 Å². The Hall–Kier alpha value is -2.92. The molecule has 3 aromatic rings. The van der Waals surface area contributed by atoms with Crippen LogP contribution in [0.25, 0.3) is 11.4 Å². The van der Waals surface area contributed by atoms with Gasteiger partial charge in [-0.15, -0.1) is 0 Å². The van der Waals surface area contributed by atoms with Crippen LogP contribution in [0.2, 0.25) is 5.02 Å². The van der Waals surface area contributed by atoms with Gasteiger partial charge in [-0.25, -0.2) is 4.98 Å². The summed E-state index contributed by atoms with van der Waals surface area (Å²) in [6.45, 7) is 4.06. The van der Waals surface area contributed by atoms with Crippen LogP contribution in [0.1, 0.15) is 12.6 Å². The van der Waals surface area contributed by atoms with Gasteiger partial charge in [-0.05, 0) is 38.1 Å². The molecule has 5 nitrogen and oxygen atoms in total. The number of carbonyl (C=O) groups excluding carboxylic acids is 1. The van der Waals surface area contributed by atoms with Crippen LogP contribution in [-0.4, -0.2) is 22.0 Å². The van der Waals surface area contributed by atoms with Crippen LogP contribution < -0.4 is 10.5 Å². The molecule has 6 heteroatoms. The van der Waals surface area contributed by atoms with E-state index in [2.05, 4.69) is 4.98 Å². The van der Waals surface area contributed by atoms with Crippen molar-refractivity contribution in [3.8, 4) is 11.4 Å². The first-order chi connectivity index (χ1) is 13.0. The molecule has 27 heavy (non-hydrogen) atoms. The quantitative estimate of drug-likeness (QED) is 0.673. The second-order valence-corrected chi connectivity index (χ2v) is 6.57. The Balaban J connectivity index is 2.01. The number of rotatable bonds is 5. The van der Waals surface area contributed by atoms with Gasteiger partial charge in [0.2, 0.25) is 5.91 Å². The zero-order chi connectivity index (χ0) is 19.4. The van der Waals surface area contributed by atoms with Crippen LogP contribution in [0.3, 0.4) is 0 Å². The van der Waals surface area contributed by atoms with Crippen molar-refractivity contribution in [1.82, 2.24) is 9.55 Å². The highest BCUT2D eigenvalue weighted by molar-refractivity contribution is 6.30. The molecule has 0 atom stereocenters. The summed E-state index contributed by atoms with van der Waals surface area (Å²) >= 11 is 6.10. The van der Waals surface area contributed by atoms with E-state index in [9.17, 15) is 9.59 Å². The molecule has 0 N–H and O–H groups in total. The fourth-order valence-corrected chi connectivity index (χ4v) is 3.14. The fraction of sp³-hybridized carbons (Fsp3) is 0.190. The summed E-state index contributed by atoms with van der Waals surface area (Å²) in [5.41, 5.74) is 1.81. The van der Waals surface area contributed by atoms with Crippen molar-refractivity contribution < 1.29 is 4.79 Å². The van der Waals surface area contributed by atoms with Crippen molar-refractivity contribution in [3.05, 3.63) is 81.7 Å². The Morgan fingerprint density at radius 1 is 1.11 bits per heavy atom. The molecule has 0 aliphatic rings. The van der Waals surface area contributed by atoms with Gasteiger partial charge in [-0.1, -0.05) is 41.9 Å². The molecule has 3 rings (SSSR count). The lowest BCUT2D eigenvalue weighted by atomic mass is 10.2. The highest BCUT2D eigenvalue weighted by Gasteiger charge is 2.18. The van der Waals surface area contributed by atoms with E-state index in [0.717, 1.165) is 5.69 Å². The van der Waals surface area contributed by atoms with Crippen molar-refractivity contribution >= 4 is 23.2 Å². The molecule has 1 heterocycles. The lowest BCUT2D eigenvalue weighted by Crippen LogP contribution is -2.37. The molecule has 0 saturated heterocycles. The lowest BCUT2D eigenvalue weighted by Gasteiger charge is -2.22. The third-order valence-electron chi connectivity index (χ3n) is 4.20. The molecule has 1 amide bonds. The third-order valence-corrected chi connectivity index (χ3v) is 4.43. The van der Waals surface area contributed by atoms with Gasteiger partial charge >= 0.3 is 0 Å². The smallest absolute Gasteiger partial charge is 0.254 e. The Morgan fingerprint density at radius 2 is 1.85 bits per heavy atom. The highest BCUT2D eigenvalue weighted by Crippen LogP contribution is 2.21. The van der Waals surface area contributed by atoms with Crippen molar-refractivity contribution in [2.75, 3.05) is 11.4 Å². The second kappa shape index (κ2) is 8.18. The molecule has 1 aromatic heterocycles. The number of halogens is 1. The number of anilines is 1. The van der Waals surface area contributed by atoms with Gasteiger partial charge in [0.25, 0.3) is 5.56 Å². The number of aromatic nitrogens is 2. The maximum absolute atomic E-state index is 12.9. The lowest BCUT2D eigenvalue weighted by molar-refractivity contribution is -0.119. The van der Waals surface area contributed by atoms with E-state index in [0.29, 0.717) is 28.6 Å². The summed E-state index contributed by atoms with van der Waals surface area (Å²) in [6, 6.07) is 17.9. The maximum Gasteiger partial charge on any atom is 0.254 e. The van der Waals surface area contributed by atoms with Gasteiger partial charge in [-0.2, -0.15) is 0 Å². The third kappa shape index (κ3) is 4.26. The highest BCUT2D eigenvalue weighted by atomic mass is 35.5. The monoisotopic (exact) mass is 381 g/mol. The average molecular weight is 382 g/mol. The molecule has 0 radical (unpaired) electrons. The van der Waals surface area contributed by atoms with E-state index in [4.69, 9.17) is 11.6 Å². The number of hydrogen-bond donors (Lipinski definition) is 0. The zero-order valence-corrected chi connectivity index (χ0v) is 16.0. The maximum atomic E-state index is 12.9. The average Bonchev–Trinajstić information content (AvgIpc) is 2.65. The Morgan fingerprint density at radius 3 is 2.52 bits per heavy atom. The van der Waals surface area contributed by atoms with Crippen LogP contribution in [-0.2, 0) is 11.3 Å². The molecular formula is C21H20ClN3O2. The van der Waals surface area contributed by atoms with Crippen molar-refractivity contribution in [2.45, 2.75) is 20.4 Å². The summed E-state index contributed by atoms with van der Waals surface area (Å²) in [5.74, 6) is 0.250. The van der Waals surface area contributed by atoms with Gasteiger partial charge in [0.15, 0.2) is 0 Å². The topological polar surface area (TPSA) is 55.2 Å². The number of amides is 1. The van der Waals surface area contributed by atoms with Gasteiger partial charge in [0, 0.05) is 34.6 Å². The first-order valence-corrected chi connectivity index (χ1v) is 9.07. The number of carbonyl (C=O) groups is 1. The molecule has 0 saturated carbocycles. The number of likely N-dealkylation sites (N-methyl/N-ethyl adjacent to an activating group) is 1. The number of aryl methyl sites for hydroxylation is 1. The van der Waals surface area contributed by atoms with Crippen LogP contribution in [0.4, 0.5) is 5.69 Å².